The van der Waals surface area contributed by atoms with Gasteiger partial charge in [0.1, 0.15) is 0 Å². The van der Waals surface area contributed by atoms with E-state index in [-0.39, 0.29) is 6.04 Å². The molecule has 2 heterocycles. The molecule has 0 aliphatic carbocycles. The summed E-state index contributed by atoms with van der Waals surface area (Å²) in [5.41, 5.74) is 2.48. The van der Waals surface area contributed by atoms with E-state index in [9.17, 15) is 0 Å². The molecule has 1 aliphatic heterocycles. The van der Waals surface area contributed by atoms with Gasteiger partial charge in [-0.15, -0.1) is 0 Å². The fourth-order valence-corrected chi connectivity index (χ4v) is 2.25. The van der Waals surface area contributed by atoms with Crippen molar-refractivity contribution in [3.63, 3.8) is 0 Å². The topological polar surface area (TPSA) is 43.2 Å². The summed E-state index contributed by atoms with van der Waals surface area (Å²) >= 11 is 0. The molecule has 1 aliphatic rings. The Balaban J connectivity index is 2.01. The van der Waals surface area contributed by atoms with Crippen LogP contribution in [0.5, 0.6) is 0 Å². The minimum atomic E-state index is 0.0238. The molecular weight excluding hydrogens is 212 g/mol. The zero-order valence-corrected chi connectivity index (χ0v) is 10.4. The summed E-state index contributed by atoms with van der Waals surface area (Å²) in [6, 6.07) is 4.39. The first kappa shape index (κ1) is 11.9. The Labute approximate surface area is 102 Å². The maximum absolute atomic E-state index is 8.90. The molecule has 90 valence electrons. The van der Waals surface area contributed by atoms with Gasteiger partial charge in [-0.05, 0) is 25.5 Å². The van der Waals surface area contributed by atoms with Gasteiger partial charge in [-0.1, -0.05) is 0 Å². The van der Waals surface area contributed by atoms with Gasteiger partial charge in [-0.25, -0.2) is 0 Å². The SMILES string of the molecule is Cc1cnccc1N1CCN(C(C)C#N)CC1. The summed E-state index contributed by atoms with van der Waals surface area (Å²) in [7, 11) is 0. The van der Waals surface area contributed by atoms with Gasteiger partial charge < -0.3 is 4.90 Å². The molecule has 1 atom stereocenters. The van der Waals surface area contributed by atoms with Gasteiger partial charge in [0, 0.05) is 44.3 Å². The molecular formula is C13H18N4. The maximum atomic E-state index is 8.90. The Morgan fingerprint density at radius 2 is 2.06 bits per heavy atom. The van der Waals surface area contributed by atoms with Crippen molar-refractivity contribution in [2.24, 2.45) is 0 Å². The van der Waals surface area contributed by atoms with Crippen LogP contribution in [0.2, 0.25) is 0 Å². The fraction of sp³-hybridized carbons (Fsp3) is 0.538. The molecule has 0 saturated carbocycles. The van der Waals surface area contributed by atoms with Crippen molar-refractivity contribution in [2.45, 2.75) is 19.9 Å². The van der Waals surface area contributed by atoms with E-state index in [1.165, 1.54) is 11.3 Å². The predicted molar refractivity (Wildman–Crippen MR) is 67.8 cm³/mol. The third-order valence-electron chi connectivity index (χ3n) is 3.38. The normalized spacial score (nSPS) is 18.8. The van der Waals surface area contributed by atoms with Crippen LogP contribution in [0.4, 0.5) is 5.69 Å². The molecule has 1 saturated heterocycles. The number of aromatic nitrogens is 1. The molecule has 4 nitrogen and oxygen atoms in total. The quantitative estimate of drug-likeness (QED) is 0.770. The lowest BCUT2D eigenvalue weighted by Gasteiger charge is -2.37. The van der Waals surface area contributed by atoms with Crippen molar-refractivity contribution in [1.29, 1.82) is 5.26 Å². The molecule has 0 aromatic carbocycles. The van der Waals surface area contributed by atoms with Crippen molar-refractivity contribution >= 4 is 5.69 Å². The van der Waals surface area contributed by atoms with Gasteiger partial charge in [0.25, 0.3) is 0 Å². The molecule has 2 rings (SSSR count). The Morgan fingerprint density at radius 3 is 2.65 bits per heavy atom. The number of rotatable bonds is 2. The second kappa shape index (κ2) is 5.15. The summed E-state index contributed by atoms with van der Waals surface area (Å²) < 4.78 is 0. The maximum Gasteiger partial charge on any atom is 0.0950 e. The van der Waals surface area contributed by atoms with Crippen LogP contribution in [0, 0.1) is 18.3 Å². The van der Waals surface area contributed by atoms with E-state index >= 15 is 0 Å². The van der Waals surface area contributed by atoms with Crippen LogP contribution in [0.3, 0.4) is 0 Å². The summed E-state index contributed by atoms with van der Waals surface area (Å²) in [6.45, 7) is 7.93. The number of pyridine rings is 1. The highest BCUT2D eigenvalue weighted by Gasteiger charge is 2.21. The second-order valence-electron chi connectivity index (χ2n) is 4.49. The molecule has 1 aromatic rings. The number of hydrogen-bond donors (Lipinski definition) is 0. The summed E-state index contributed by atoms with van der Waals surface area (Å²) in [4.78, 5) is 8.72. The highest BCUT2D eigenvalue weighted by Crippen LogP contribution is 2.20. The van der Waals surface area contributed by atoms with Crippen molar-refractivity contribution < 1.29 is 0 Å². The van der Waals surface area contributed by atoms with E-state index in [1.54, 1.807) is 0 Å². The van der Waals surface area contributed by atoms with Crippen LogP contribution in [0.25, 0.3) is 0 Å². The minimum Gasteiger partial charge on any atom is -0.369 e. The number of piperazine rings is 1. The van der Waals surface area contributed by atoms with Gasteiger partial charge in [0.05, 0.1) is 12.1 Å². The average molecular weight is 230 g/mol. The lowest BCUT2D eigenvalue weighted by atomic mass is 10.2. The lowest BCUT2D eigenvalue weighted by Crippen LogP contribution is -2.49. The molecule has 0 radical (unpaired) electrons. The van der Waals surface area contributed by atoms with Crippen LogP contribution in [-0.2, 0) is 0 Å². The van der Waals surface area contributed by atoms with E-state index < -0.39 is 0 Å². The number of hydrogen-bond acceptors (Lipinski definition) is 4. The van der Waals surface area contributed by atoms with Crippen LogP contribution < -0.4 is 4.90 Å². The molecule has 0 N–H and O–H groups in total. The van der Waals surface area contributed by atoms with Gasteiger partial charge in [-0.3, -0.25) is 9.88 Å². The Bertz CT molecular complexity index is 416. The van der Waals surface area contributed by atoms with Crippen LogP contribution in [-0.4, -0.2) is 42.1 Å². The predicted octanol–water partition coefficient (Wildman–Crippen LogP) is 1.42. The zero-order chi connectivity index (χ0) is 12.3. The van der Waals surface area contributed by atoms with Crippen molar-refractivity contribution in [1.82, 2.24) is 9.88 Å². The smallest absolute Gasteiger partial charge is 0.0950 e. The molecule has 0 amide bonds. The Morgan fingerprint density at radius 1 is 1.35 bits per heavy atom. The number of nitriles is 1. The number of nitrogens with zero attached hydrogens (tertiary/aromatic N) is 4. The van der Waals surface area contributed by atoms with Gasteiger partial charge in [-0.2, -0.15) is 5.26 Å². The Hall–Kier alpha value is -1.60. The van der Waals surface area contributed by atoms with Crippen LogP contribution in [0.1, 0.15) is 12.5 Å². The van der Waals surface area contributed by atoms with E-state index in [2.05, 4.69) is 33.8 Å². The first-order valence-electron chi connectivity index (χ1n) is 6.01. The van der Waals surface area contributed by atoms with Gasteiger partial charge in [0.15, 0.2) is 0 Å². The third-order valence-corrected chi connectivity index (χ3v) is 3.38. The number of aryl methyl sites for hydroxylation is 1. The molecule has 17 heavy (non-hydrogen) atoms. The molecule has 4 heteroatoms. The standard InChI is InChI=1S/C13H18N4/c1-11-10-15-4-3-13(11)17-7-5-16(6-8-17)12(2)9-14/h3-4,10,12H,5-8H2,1-2H3. The van der Waals surface area contributed by atoms with E-state index in [0.29, 0.717) is 0 Å². The largest absolute Gasteiger partial charge is 0.369 e. The summed E-state index contributed by atoms with van der Waals surface area (Å²) in [5.74, 6) is 0. The third kappa shape index (κ3) is 2.56. The van der Waals surface area contributed by atoms with Crippen LogP contribution >= 0.6 is 0 Å². The average Bonchev–Trinajstić information content (AvgIpc) is 2.39. The summed E-state index contributed by atoms with van der Waals surface area (Å²) in [6.07, 6.45) is 3.74. The fourth-order valence-electron chi connectivity index (χ4n) is 2.25. The molecule has 1 fully saturated rings. The van der Waals surface area contributed by atoms with Crippen molar-refractivity contribution in [3.8, 4) is 6.07 Å². The highest BCUT2D eigenvalue weighted by molar-refractivity contribution is 5.51. The Kier molecular flexibility index (Phi) is 3.60. The lowest BCUT2D eigenvalue weighted by molar-refractivity contribution is 0.231. The van der Waals surface area contributed by atoms with Gasteiger partial charge >= 0.3 is 0 Å². The first-order chi connectivity index (χ1) is 8.22. The monoisotopic (exact) mass is 230 g/mol. The summed E-state index contributed by atoms with van der Waals surface area (Å²) in [5, 5.41) is 8.90. The minimum absolute atomic E-state index is 0.0238. The second-order valence-corrected chi connectivity index (χ2v) is 4.49. The first-order valence-corrected chi connectivity index (χ1v) is 6.01. The van der Waals surface area contributed by atoms with Gasteiger partial charge in [0.2, 0.25) is 0 Å². The number of anilines is 1. The zero-order valence-electron chi connectivity index (χ0n) is 10.4. The van der Waals surface area contributed by atoms with E-state index in [0.717, 1.165) is 26.2 Å². The van der Waals surface area contributed by atoms with Crippen molar-refractivity contribution in [2.75, 3.05) is 31.1 Å². The van der Waals surface area contributed by atoms with E-state index in [1.807, 2.05) is 19.3 Å². The van der Waals surface area contributed by atoms with Crippen LogP contribution in [0.15, 0.2) is 18.5 Å². The molecule has 0 spiro atoms. The van der Waals surface area contributed by atoms with E-state index in [4.69, 9.17) is 5.26 Å². The highest BCUT2D eigenvalue weighted by atomic mass is 15.3. The van der Waals surface area contributed by atoms with Crippen molar-refractivity contribution in [3.05, 3.63) is 24.0 Å². The molecule has 1 unspecified atom stereocenters. The molecule has 1 aromatic heterocycles. The molecule has 0 bridgehead atoms.